The Balaban J connectivity index is 1.99. The quantitative estimate of drug-likeness (QED) is 0.542. The third kappa shape index (κ3) is 5.36. The Kier molecular flexibility index (Phi) is 6.59. The summed E-state index contributed by atoms with van der Waals surface area (Å²) >= 11 is 0. The van der Waals surface area contributed by atoms with E-state index in [1.54, 1.807) is 0 Å². The van der Waals surface area contributed by atoms with Crippen molar-refractivity contribution in [2.75, 3.05) is 0 Å². The molecule has 2 aromatic carbocycles. The van der Waals surface area contributed by atoms with Gasteiger partial charge in [-0.3, -0.25) is 9.59 Å². The third-order valence-corrected chi connectivity index (χ3v) is 5.92. The number of amides is 1. The molecule has 0 aliphatic heterocycles. The summed E-state index contributed by atoms with van der Waals surface area (Å²) in [5.74, 6) is -3.01. The van der Waals surface area contributed by atoms with Gasteiger partial charge in [-0.15, -0.1) is 0 Å². The minimum Gasteiger partial charge on any atom is -0.346 e. The van der Waals surface area contributed by atoms with E-state index in [-0.39, 0.29) is 43.1 Å². The Morgan fingerprint density at radius 3 is 1.94 bits per heavy atom. The molecule has 0 saturated heterocycles. The normalized spacial score (nSPS) is 17.5. The lowest BCUT2D eigenvalue weighted by molar-refractivity contribution is -0.143. The van der Waals surface area contributed by atoms with Crippen LogP contribution in [-0.4, -0.2) is 11.7 Å². The highest BCUT2D eigenvalue weighted by Crippen LogP contribution is 2.40. The van der Waals surface area contributed by atoms with Gasteiger partial charge in [-0.2, -0.15) is 26.3 Å². The summed E-state index contributed by atoms with van der Waals surface area (Å²) in [6, 6.07) is 6.56. The van der Waals surface area contributed by atoms with E-state index in [9.17, 15) is 40.3 Å². The summed E-state index contributed by atoms with van der Waals surface area (Å²) < 4.78 is 93.7. The topological polar surface area (TPSA) is 46.2 Å². The lowest BCUT2D eigenvalue weighted by Gasteiger charge is -2.39. The average Bonchev–Trinajstić information content (AvgIpc) is 2.73. The van der Waals surface area contributed by atoms with Crippen LogP contribution in [0.5, 0.6) is 0 Å². The predicted octanol–water partition coefficient (Wildman–Crippen LogP) is 6.12. The summed E-state index contributed by atoms with van der Waals surface area (Å²) in [5, 5.41) is 2.63. The molecule has 0 spiro atoms. The number of ketones is 1. The average molecular weight is 475 g/mol. The van der Waals surface area contributed by atoms with Crippen molar-refractivity contribution < 1.29 is 40.3 Å². The van der Waals surface area contributed by atoms with Crippen LogP contribution in [0.15, 0.2) is 42.5 Å². The van der Waals surface area contributed by atoms with Crippen LogP contribution >= 0.6 is 0 Å². The van der Waals surface area contributed by atoms with Crippen molar-refractivity contribution in [1.82, 2.24) is 5.32 Å². The number of hydrogen-bond donors (Lipinski definition) is 1. The van der Waals surface area contributed by atoms with Gasteiger partial charge in [-0.05, 0) is 49.6 Å². The second-order valence-electron chi connectivity index (χ2n) is 8.15. The van der Waals surface area contributed by atoms with Crippen LogP contribution in [0.2, 0.25) is 0 Å². The molecule has 178 valence electrons. The van der Waals surface area contributed by atoms with Gasteiger partial charge in [0.05, 0.1) is 22.6 Å². The SMILES string of the molecule is C[C@H](C(=O)NC1(c2ccccc2F)CCC(=O)CC1)c1cc(C(F)(F)F)cc(C(F)(F)F)c1. The van der Waals surface area contributed by atoms with Crippen molar-refractivity contribution in [3.8, 4) is 0 Å². The molecule has 0 bridgehead atoms. The van der Waals surface area contributed by atoms with Crippen molar-refractivity contribution >= 4 is 11.7 Å². The van der Waals surface area contributed by atoms with E-state index >= 15 is 0 Å². The summed E-state index contributed by atoms with van der Waals surface area (Å²) in [6.07, 6.45) is -9.90. The molecule has 33 heavy (non-hydrogen) atoms. The van der Waals surface area contributed by atoms with E-state index in [0.717, 1.165) is 0 Å². The monoisotopic (exact) mass is 475 g/mol. The van der Waals surface area contributed by atoms with Gasteiger partial charge in [-0.25, -0.2) is 4.39 Å². The molecular formula is C23H20F7NO2. The van der Waals surface area contributed by atoms with Crippen LogP contribution in [0.3, 0.4) is 0 Å². The molecule has 1 fully saturated rings. The predicted molar refractivity (Wildman–Crippen MR) is 105 cm³/mol. The maximum absolute atomic E-state index is 14.6. The first kappa shape index (κ1) is 24.7. The fraction of sp³-hybridized carbons (Fsp3) is 0.391. The smallest absolute Gasteiger partial charge is 0.346 e. The molecule has 1 aliphatic carbocycles. The van der Waals surface area contributed by atoms with Gasteiger partial charge in [0.15, 0.2) is 0 Å². The molecule has 0 unspecified atom stereocenters. The Bertz CT molecular complexity index is 1020. The van der Waals surface area contributed by atoms with Gasteiger partial charge >= 0.3 is 12.4 Å². The van der Waals surface area contributed by atoms with Crippen molar-refractivity contribution in [3.05, 3.63) is 70.5 Å². The van der Waals surface area contributed by atoms with E-state index in [2.05, 4.69) is 5.32 Å². The number of rotatable bonds is 4. The number of halogens is 7. The highest BCUT2D eigenvalue weighted by atomic mass is 19.4. The lowest BCUT2D eigenvalue weighted by atomic mass is 9.75. The van der Waals surface area contributed by atoms with Crippen molar-refractivity contribution in [2.24, 2.45) is 0 Å². The lowest BCUT2D eigenvalue weighted by Crippen LogP contribution is -2.50. The molecule has 0 radical (unpaired) electrons. The molecule has 3 nitrogen and oxygen atoms in total. The van der Waals surface area contributed by atoms with Gasteiger partial charge in [0.2, 0.25) is 5.91 Å². The van der Waals surface area contributed by atoms with Gasteiger partial charge in [0.25, 0.3) is 0 Å². The Morgan fingerprint density at radius 1 is 0.939 bits per heavy atom. The van der Waals surface area contributed by atoms with E-state index in [1.807, 2.05) is 0 Å². The Labute approximate surface area is 185 Å². The van der Waals surface area contributed by atoms with E-state index in [1.165, 1.54) is 31.2 Å². The van der Waals surface area contributed by atoms with Crippen LogP contribution in [0.4, 0.5) is 30.7 Å². The molecule has 1 atom stereocenters. The first-order valence-electron chi connectivity index (χ1n) is 10.1. The molecule has 1 amide bonds. The Hall–Kier alpha value is -2.91. The second kappa shape index (κ2) is 8.79. The van der Waals surface area contributed by atoms with Crippen LogP contribution < -0.4 is 5.32 Å². The zero-order valence-electron chi connectivity index (χ0n) is 17.4. The summed E-state index contributed by atoms with van der Waals surface area (Å²) in [5.41, 5.74) is -4.74. The second-order valence-corrected chi connectivity index (χ2v) is 8.15. The van der Waals surface area contributed by atoms with E-state index in [4.69, 9.17) is 0 Å². The molecule has 10 heteroatoms. The maximum atomic E-state index is 14.6. The summed E-state index contributed by atoms with van der Waals surface area (Å²) in [6.45, 7) is 1.17. The molecule has 2 aromatic rings. The number of alkyl halides is 6. The van der Waals surface area contributed by atoms with Crippen molar-refractivity contribution in [3.63, 3.8) is 0 Å². The first-order chi connectivity index (χ1) is 15.2. The van der Waals surface area contributed by atoms with Gasteiger partial charge < -0.3 is 5.32 Å². The molecule has 3 rings (SSSR count). The molecular weight excluding hydrogens is 455 g/mol. The van der Waals surface area contributed by atoms with Gasteiger partial charge in [0.1, 0.15) is 11.6 Å². The maximum Gasteiger partial charge on any atom is 0.416 e. The number of Topliss-reactive ketones (excluding diaryl/α,β-unsaturated/α-hetero) is 1. The highest BCUT2D eigenvalue weighted by molar-refractivity contribution is 5.85. The largest absolute Gasteiger partial charge is 0.416 e. The van der Waals surface area contributed by atoms with Gasteiger partial charge in [0, 0.05) is 18.4 Å². The van der Waals surface area contributed by atoms with Gasteiger partial charge in [-0.1, -0.05) is 18.2 Å². The van der Waals surface area contributed by atoms with Crippen molar-refractivity contribution in [1.29, 1.82) is 0 Å². The zero-order chi connectivity index (χ0) is 24.6. The van der Waals surface area contributed by atoms with Crippen LogP contribution in [-0.2, 0) is 27.5 Å². The minimum absolute atomic E-state index is 0.0122. The number of hydrogen-bond acceptors (Lipinski definition) is 2. The van der Waals surface area contributed by atoms with Crippen molar-refractivity contribution in [2.45, 2.75) is 56.4 Å². The molecule has 1 saturated carbocycles. The van der Waals surface area contributed by atoms with E-state index in [0.29, 0.717) is 12.1 Å². The molecule has 1 aliphatic rings. The highest BCUT2D eigenvalue weighted by Gasteiger charge is 2.41. The zero-order valence-corrected chi connectivity index (χ0v) is 17.4. The molecule has 0 heterocycles. The summed E-state index contributed by atoms with van der Waals surface area (Å²) in [7, 11) is 0. The first-order valence-corrected chi connectivity index (χ1v) is 10.1. The number of benzene rings is 2. The fourth-order valence-corrected chi connectivity index (χ4v) is 3.99. The number of carbonyl (C=O) groups excluding carboxylic acids is 2. The van der Waals surface area contributed by atoms with Crippen LogP contribution in [0.1, 0.15) is 60.8 Å². The number of nitrogens with one attached hydrogen (secondary N) is 1. The summed E-state index contributed by atoms with van der Waals surface area (Å²) in [4.78, 5) is 24.8. The molecule has 0 aromatic heterocycles. The third-order valence-electron chi connectivity index (χ3n) is 5.92. The Morgan fingerprint density at radius 2 is 1.45 bits per heavy atom. The molecule has 1 N–H and O–H groups in total. The van der Waals surface area contributed by atoms with Crippen LogP contribution in [0, 0.1) is 5.82 Å². The van der Waals surface area contributed by atoms with E-state index < -0.39 is 52.2 Å². The number of carbonyl (C=O) groups is 2. The standard InChI is InChI=1S/C23H20F7NO2/c1-13(14-10-15(22(25,26)27)12-16(11-14)23(28,29)30)20(33)31-21(8-6-17(32)7-9-21)18-4-2-3-5-19(18)24/h2-5,10-13H,6-9H2,1H3,(H,31,33)/t13-/m0/s1. The fourth-order valence-electron chi connectivity index (χ4n) is 3.99. The minimum atomic E-state index is -5.05. The van der Waals surface area contributed by atoms with Crippen LogP contribution in [0.25, 0.3) is 0 Å².